The number of benzene rings is 1. The van der Waals surface area contributed by atoms with Crippen LogP contribution in [-0.4, -0.2) is 21.0 Å². The summed E-state index contributed by atoms with van der Waals surface area (Å²) in [6.45, 7) is 1.67. The maximum atomic E-state index is 10.9. The number of hydrogen-bond donors (Lipinski definition) is 1. The zero-order valence-electron chi connectivity index (χ0n) is 10.1. The van der Waals surface area contributed by atoms with E-state index in [2.05, 4.69) is 9.97 Å². The minimum Gasteiger partial charge on any atom is -0.478 e. The molecule has 0 unspecified atom stereocenters. The van der Waals surface area contributed by atoms with E-state index in [-0.39, 0.29) is 5.56 Å². The smallest absolute Gasteiger partial charge is 0.339 e. The van der Waals surface area contributed by atoms with Crippen molar-refractivity contribution in [2.45, 2.75) is 17.6 Å². The highest BCUT2D eigenvalue weighted by Gasteiger charge is 2.10. The fourth-order valence-electron chi connectivity index (χ4n) is 1.50. The third-order valence-corrected chi connectivity index (χ3v) is 3.65. The number of halogens is 1. The summed E-state index contributed by atoms with van der Waals surface area (Å²) in [5.41, 5.74) is 0.612. The third kappa shape index (κ3) is 3.68. The van der Waals surface area contributed by atoms with E-state index in [1.165, 1.54) is 6.20 Å². The highest BCUT2D eigenvalue weighted by atomic mass is 35.5. The van der Waals surface area contributed by atoms with Crippen LogP contribution >= 0.6 is 23.4 Å². The molecule has 1 heterocycles. The Balaban J connectivity index is 2.08. The van der Waals surface area contributed by atoms with Gasteiger partial charge in [-0.25, -0.2) is 14.8 Å². The van der Waals surface area contributed by atoms with Gasteiger partial charge < -0.3 is 5.11 Å². The Bertz CT molecular complexity index is 619. The quantitative estimate of drug-likeness (QED) is 0.875. The lowest BCUT2D eigenvalue weighted by atomic mass is 10.2. The average molecular weight is 295 g/mol. The summed E-state index contributed by atoms with van der Waals surface area (Å²) < 4.78 is 0. The zero-order valence-corrected chi connectivity index (χ0v) is 11.7. The van der Waals surface area contributed by atoms with Crippen LogP contribution in [0.4, 0.5) is 0 Å². The molecule has 0 aliphatic heterocycles. The Kier molecular flexibility index (Phi) is 4.39. The predicted molar refractivity (Wildman–Crippen MR) is 74.7 cm³/mol. The van der Waals surface area contributed by atoms with Gasteiger partial charge in [-0.2, -0.15) is 0 Å². The Morgan fingerprint density at radius 2 is 2.26 bits per heavy atom. The van der Waals surface area contributed by atoms with Crippen LogP contribution in [0.2, 0.25) is 5.02 Å². The molecule has 0 spiro atoms. The number of carbonyl (C=O) groups is 1. The molecule has 19 heavy (non-hydrogen) atoms. The number of rotatable bonds is 4. The van der Waals surface area contributed by atoms with Crippen LogP contribution in [0.25, 0.3) is 0 Å². The van der Waals surface area contributed by atoms with Crippen molar-refractivity contribution in [3.8, 4) is 0 Å². The van der Waals surface area contributed by atoms with Gasteiger partial charge in [0.05, 0.1) is 17.0 Å². The molecule has 0 bridgehead atoms. The lowest BCUT2D eigenvalue weighted by molar-refractivity contribution is 0.0695. The van der Waals surface area contributed by atoms with Crippen molar-refractivity contribution in [2.75, 3.05) is 0 Å². The van der Waals surface area contributed by atoms with Gasteiger partial charge in [0.1, 0.15) is 5.82 Å². The summed E-state index contributed by atoms with van der Waals surface area (Å²) in [6, 6.07) is 7.51. The molecule has 98 valence electrons. The largest absolute Gasteiger partial charge is 0.478 e. The molecule has 0 saturated heterocycles. The summed E-state index contributed by atoms with van der Waals surface area (Å²) in [7, 11) is 0. The molecule has 2 aromatic rings. The molecule has 1 N–H and O–H groups in total. The molecule has 0 fully saturated rings. The molecule has 0 atom stereocenters. The summed E-state index contributed by atoms with van der Waals surface area (Å²) in [6.07, 6.45) is 1.35. The molecule has 0 saturated carbocycles. The van der Waals surface area contributed by atoms with Crippen molar-refractivity contribution in [3.63, 3.8) is 0 Å². The van der Waals surface area contributed by atoms with Crippen LogP contribution in [0, 0.1) is 6.92 Å². The zero-order chi connectivity index (χ0) is 13.8. The minimum absolute atomic E-state index is 0.136. The maximum absolute atomic E-state index is 10.9. The molecule has 1 aromatic heterocycles. The van der Waals surface area contributed by atoms with Crippen LogP contribution in [0.1, 0.15) is 21.9 Å². The fraction of sp³-hybridized carbons (Fsp3) is 0.154. The van der Waals surface area contributed by atoms with E-state index >= 15 is 0 Å². The van der Waals surface area contributed by atoms with Crippen molar-refractivity contribution < 1.29 is 9.90 Å². The second-order valence-electron chi connectivity index (χ2n) is 3.84. The predicted octanol–water partition coefficient (Wildman–Crippen LogP) is 3.43. The lowest BCUT2D eigenvalue weighted by Gasteiger charge is -2.04. The van der Waals surface area contributed by atoms with E-state index in [1.807, 2.05) is 24.3 Å². The fourth-order valence-corrected chi connectivity index (χ4v) is 2.57. The second kappa shape index (κ2) is 6.04. The van der Waals surface area contributed by atoms with E-state index in [1.54, 1.807) is 18.7 Å². The van der Waals surface area contributed by atoms with Crippen LogP contribution in [0.5, 0.6) is 0 Å². The summed E-state index contributed by atoms with van der Waals surface area (Å²) in [5, 5.41) is 9.58. The van der Waals surface area contributed by atoms with Crippen molar-refractivity contribution >= 4 is 29.3 Å². The van der Waals surface area contributed by atoms with Gasteiger partial charge in [-0.15, -0.1) is 11.8 Å². The molecular formula is C13H11ClN2O2S. The molecule has 4 nitrogen and oxygen atoms in total. The number of aromatic carboxylic acids is 1. The van der Waals surface area contributed by atoms with Gasteiger partial charge in [0.25, 0.3) is 0 Å². The van der Waals surface area contributed by atoms with Gasteiger partial charge in [-0.3, -0.25) is 0 Å². The molecule has 0 amide bonds. The third-order valence-electron chi connectivity index (χ3n) is 2.42. The normalized spacial score (nSPS) is 10.4. The second-order valence-corrected chi connectivity index (χ2v) is 5.32. The molecule has 0 radical (unpaired) electrons. The number of aryl methyl sites for hydroxylation is 1. The first-order valence-electron chi connectivity index (χ1n) is 5.50. The number of carboxylic acid groups (broad SMARTS) is 1. The van der Waals surface area contributed by atoms with E-state index in [9.17, 15) is 4.79 Å². The Morgan fingerprint density at radius 1 is 1.47 bits per heavy atom. The van der Waals surface area contributed by atoms with Crippen molar-refractivity contribution in [1.29, 1.82) is 0 Å². The molecular weight excluding hydrogens is 284 g/mol. The monoisotopic (exact) mass is 294 g/mol. The minimum atomic E-state index is -1.01. The summed E-state index contributed by atoms with van der Waals surface area (Å²) >= 11 is 7.45. The standard InChI is InChI=1S/C13H11ClN2O2S/c1-8-11(13(17)18)6-15-12(16-8)7-19-10-4-2-3-9(14)5-10/h2-6H,7H2,1H3,(H,17,18). The maximum Gasteiger partial charge on any atom is 0.339 e. The first-order valence-corrected chi connectivity index (χ1v) is 6.87. The number of nitrogens with zero attached hydrogens (tertiary/aromatic N) is 2. The van der Waals surface area contributed by atoms with Crippen LogP contribution in [-0.2, 0) is 5.75 Å². The van der Waals surface area contributed by atoms with Gasteiger partial charge in [0, 0.05) is 16.1 Å². The number of aromatic nitrogens is 2. The van der Waals surface area contributed by atoms with Crippen molar-refractivity contribution in [1.82, 2.24) is 9.97 Å². The number of thioether (sulfide) groups is 1. The van der Waals surface area contributed by atoms with Gasteiger partial charge in [0.15, 0.2) is 0 Å². The van der Waals surface area contributed by atoms with Gasteiger partial charge >= 0.3 is 5.97 Å². The average Bonchev–Trinajstić information content (AvgIpc) is 2.36. The summed E-state index contributed by atoms with van der Waals surface area (Å²) in [4.78, 5) is 20.1. The van der Waals surface area contributed by atoms with Crippen molar-refractivity contribution in [2.24, 2.45) is 0 Å². The van der Waals surface area contributed by atoms with E-state index in [4.69, 9.17) is 16.7 Å². The van der Waals surface area contributed by atoms with E-state index in [0.29, 0.717) is 22.3 Å². The molecule has 0 aliphatic rings. The number of carboxylic acids is 1. The highest BCUT2D eigenvalue weighted by Crippen LogP contribution is 2.24. The molecule has 2 rings (SSSR count). The van der Waals surface area contributed by atoms with Gasteiger partial charge in [0.2, 0.25) is 0 Å². The Morgan fingerprint density at radius 3 is 2.89 bits per heavy atom. The first kappa shape index (κ1) is 13.8. The Labute approximate surface area is 119 Å². The van der Waals surface area contributed by atoms with E-state index < -0.39 is 5.97 Å². The van der Waals surface area contributed by atoms with Crippen LogP contribution in [0.3, 0.4) is 0 Å². The van der Waals surface area contributed by atoms with Gasteiger partial charge in [-0.05, 0) is 25.1 Å². The van der Waals surface area contributed by atoms with Crippen LogP contribution < -0.4 is 0 Å². The SMILES string of the molecule is Cc1nc(CSc2cccc(Cl)c2)ncc1C(=O)O. The topological polar surface area (TPSA) is 63.1 Å². The Hall–Kier alpha value is -1.59. The van der Waals surface area contributed by atoms with Gasteiger partial charge in [-0.1, -0.05) is 17.7 Å². The van der Waals surface area contributed by atoms with E-state index in [0.717, 1.165) is 4.90 Å². The van der Waals surface area contributed by atoms with Crippen molar-refractivity contribution in [3.05, 3.63) is 52.6 Å². The van der Waals surface area contributed by atoms with Crippen LogP contribution in [0.15, 0.2) is 35.4 Å². The molecule has 1 aromatic carbocycles. The molecule has 0 aliphatic carbocycles. The lowest BCUT2D eigenvalue weighted by Crippen LogP contribution is -2.05. The first-order chi connectivity index (χ1) is 9.06. The summed E-state index contributed by atoms with van der Waals surface area (Å²) in [5.74, 6) is 0.167. The number of hydrogen-bond acceptors (Lipinski definition) is 4. The molecule has 6 heteroatoms. The highest BCUT2D eigenvalue weighted by molar-refractivity contribution is 7.98.